The Morgan fingerprint density at radius 3 is 2.54 bits per heavy atom. The van der Waals surface area contributed by atoms with Gasteiger partial charge in [0.25, 0.3) is 0 Å². The number of fused-ring (bicyclic) bond motifs is 1. The Hall–Kier alpha value is -2.27. The van der Waals surface area contributed by atoms with E-state index in [0.29, 0.717) is 19.6 Å². The van der Waals surface area contributed by atoms with E-state index in [0.717, 1.165) is 31.5 Å². The lowest BCUT2D eigenvalue weighted by molar-refractivity contribution is -0.134. The molecule has 1 heterocycles. The van der Waals surface area contributed by atoms with Crippen molar-refractivity contribution in [2.75, 3.05) is 26.2 Å². The number of rotatable bonds is 3. The van der Waals surface area contributed by atoms with E-state index >= 15 is 0 Å². The molecule has 0 unspecified atom stereocenters. The number of halogens is 2. The summed E-state index contributed by atoms with van der Waals surface area (Å²) >= 11 is 0. The summed E-state index contributed by atoms with van der Waals surface area (Å²) in [6.45, 7) is 3.44. The Morgan fingerprint density at radius 2 is 1.77 bits per heavy atom. The summed E-state index contributed by atoms with van der Waals surface area (Å²) in [5, 5.41) is 0. The maximum Gasteiger partial charge on any atom is 0.230 e. The molecule has 1 saturated heterocycles. The molecule has 0 saturated carbocycles. The van der Waals surface area contributed by atoms with Crippen LogP contribution in [0.15, 0.2) is 42.5 Å². The zero-order chi connectivity index (χ0) is 18.1. The summed E-state index contributed by atoms with van der Waals surface area (Å²) in [5.74, 6) is -1.41. The lowest BCUT2D eigenvalue weighted by Crippen LogP contribution is -2.49. The molecule has 0 aromatic heterocycles. The average Bonchev–Trinajstić information content (AvgIpc) is 3.09. The van der Waals surface area contributed by atoms with E-state index in [1.165, 1.54) is 23.3 Å². The van der Waals surface area contributed by atoms with Crippen molar-refractivity contribution in [2.45, 2.75) is 25.3 Å². The summed E-state index contributed by atoms with van der Waals surface area (Å²) < 4.78 is 26.4. The van der Waals surface area contributed by atoms with Crippen LogP contribution in [-0.2, 0) is 17.8 Å². The second-order valence-corrected chi connectivity index (χ2v) is 7.14. The Bertz CT molecular complexity index is 815. The second kappa shape index (κ2) is 7.16. The molecule has 0 spiro atoms. The lowest BCUT2D eigenvalue weighted by Gasteiger charge is -2.36. The van der Waals surface area contributed by atoms with Gasteiger partial charge in [-0.05, 0) is 41.7 Å². The first-order valence-electron chi connectivity index (χ1n) is 9.14. The number of benzene rings is 2. The predicted molar refractivity (Wildman–Crippen MR) is 95.7 cm³/mol. The first-order valence-corrected chi connectivity index (χ1v) is 9.14. The second-order valence-electron chi connectivity index (χ2n) is 7.14. The molecule has 2 aromatic rings. The highest BCUT2D eigenvalue weighted by Gasteiger charge is 2.32. The zero-order valence-electron chi connectivity index (χ0n) is 14.6. The van der Waals surface area contributed by atoms with E-state index in [1.54, 1.807) is 6.07 Å². The van der Waals surface area contributed by atoms with Crippen LogP contribution in [0.25, 0.3) is 0 Å². The number of amides is 1. The molecular formula is C21H22F2N2O. The van der Waals surface area contributed by atoms with Gasteiger partial charge in [-0.25, -0.2) is 8.78 Å². The molecule has 1 fully saturated rings. The van der Waals surface area contributed by atoms with Gasteiger partial charge < -0.3 is 4.90 Å². The average molecular weight is 356 g/mol. The van der Waals surface area contributed by atoms with Gasteiger partial charge in [-0.2, -0.15) is 0 Å². The first-order chi connectivity index (χ1) is 12.6. The van der Waals surface area contributed by atoms with E-state index < -0.39 is 11.6 Å². The topological polar surface area (TPSA) is 23.6 Å². The van der Waals surface area contributed by atoms with Crippen LogP contribution >= 0.6 is 0 Å². The summed E-state index contributed by atoms with van der Waals surface area (Å²) in [7, 11) is 0. The van der Waals surface area contributed by atoms with E-state index in [-0.39, 0.29) is 11.8 Å². The van der Waals surface area contributed by atoms with E-state index in [1.807, 2.05) is 17.0 Å². The molecule has 1 amide bonds. The molecule has 3 nitrogen and oxygen atoms in total. The van der Waals surface area contributed by atoms with Crippen LogP contribution in [0.5, 0.6) is 0 Å². The third-order valence-electron chi connectivity index (χ3n) is 5.51. The van der Waals surface area contributed by atoms with Gasteiger partial charge in [0, 0.05) is 32.7 Å². The smallest absolute Gasteiger partial charge is 0.230 e. The number of aryl methyl sites for hydroxylation is 1. The highest BCUT2D eigenvalue weighted by molar-refractivity contribution is 5.85. The van der Waals surface area contributed by atoms with Crippen molar-refractivity contribution >= 4 is 5.91 Å². The molecular weight excluding hydrogens is 334 g/mol. The van der Waals surface area contributed by atoms with E-state index in [2.05, 4.69) is 17.0 Å². The summed E-state index contributed by atoms with van der Waals surface area (Å²) in [4.78, 5) is 17.1. The minimum absolute atomic E-state index is 0.0102. The minimum atomic E-state index is -0.819. The van der Waals surface area contributed by atoms with Crippen molar-refractivity contribution in [1.82, 2.24) is 9.80 Å². The van der Waals surface area contributed by atoms with Gasteiger partial charge in [-0.3, -0.25) is 9.69 Å². The third-order valence-corrected chi connectivity index (χ3v) is 5.51. The fourth-order valence-electron chi connectivity index (χ4n) is 4.06. The molecule has 2 aromatic carbocycles. The van der Waals surface area contributed by atoms with Crippen LogP contribution in [0.4, 0.5) is 8.78 Å². The van der Waals surface area contributed by atoms with Crippen LogP contribution in [-0.4, -0.2) is 41.9 Å². The largest absolute Gasteiger partial charge is 0.340 e. The van der Waals surface area contributed by atoms with E-state index in [4.69, 9.17) is 0 Å². The molecule has 0 N–H and O–H groups in total. The lowest BCUT2D eigenvalue weighted by atomic mass is 9.99. The number of carbonyl (C=O) groups excluding carboxylic acids is 1. The van der Waals surface area contributed by atoms with Crippen LogP contribution in [0, 0.1) is 11.6 Å². The molecule has 0 radical (unpaired) electrons. The quantitative estimate of drug-likeness (QED) is 0.842. The van der Waals surface area contributed by atoms with Gasteiger partial charge in [0.2, 0.25) is 5.91 Å². The molecule has 0 bridgehead atoms. The number of hydrogen-bond acceptors (Lipinski definition) is 2. The summed E-state index contributed by atoms with van der Waals surface area (Å²) in [6, 6.07) is 12.3. The van der Waals surface area contributed by atoms with Gasteiger partial charge in [-0.1, -0.05) is 30.3 Å². The van der Waals surface area contributed by atoms with Gasteiger partial charge >= 0.3 is 0 Å². The zero-order valence-corrected chi connectivity index (χ0v) is 14.6. The van der Waals surface area contributed by atoms with Crippen LogP contribution in [0.2, 0.25) is 0 Å². The maximum absolute atomic E-state index is 13.3. The molecule has 1 aliphatic heterocycles. The molecule has 2 aliphatic rings. The minimum Gasteiger partial charge on any atom is -0.340 e. The molecule has 136 valence electrons. The van der Waals surface area contributed by atoms with E-state index in [9.17, 15) is 13.6 Å². The monoisotopic (exact) mass is 356 g/mol. The fraction of sp³-hybridized carbons (Fsp3) is 0.381. The Morgan fingerprint density at radius 1 is 1.00 bits per heavy atom. The van der Waals surface area contributed by atoms with Gasteiger partial charge in [0.05, 0.1) is 5.92 Å². The molecule has 5 heteroatoms. The van der Waals surface area contributed by atoms with Gasteiger partial charge in [0.1, 0.15) is 0 Å². The van der Waals surface area contributed by atoms with Crippen LogP contribution < -0.4 is 0 Å². The number of piperazine rings is 1. The molecule has 4 rings (SSSR count). The number of nitrogens with zero attached hydrogens (tertiary/aromatic N) is 2. The third kappa shape index (κ3) is 3.36. The molecule has 26 heavy (non-hydrogen) atoms. The van der Waals surface area contributed by atoms with Crippen molar-refractivity contribution in [3.05, 3.63) is 70.8 Å². The van der Waals surface area contributed by atoms with Gasteiger partial charge in [-0.15, -0.1) is 0 Å². The number of hydrogen-bond donors (Lipinski definition) is 0. The number of carbonyl (C=O) groups is 1. The van der Waals surface area contributed by atoms with Crippen molar-refractivity contribution in [1.29, 1.82) is 0 Å². The Balaban J connectivity index is 1.35. The summed E-state index contributed by atoms with van der Waals surface area (Å²) in [6.07, 6.45) is 1.87. The van der Waals surface area contributed by atoms with Crippen LogP contribution in [0.1, 0.15) is 29.0 Å². The van der Waals surface area contributed by atoms with Crippen LogP contribution in [0.3, 0.4) is 0 Å². The maximum atomic E-state index is 13.3. The SMILES string of the molecule is O=C([C@H]1CCc2ccccc21)N1CCN(Cc2ccc(F)c(F)c2)CC1. The normalized spacial score (nSPS) is 20.2. The standard InChI is InChI=1S/C21H22F2N2O/c22-19-8-5-15(13-20(19)23)14-24-9-11-25(12-10-24)21(26)18-7-6-16-3-1-2-4-17(16)18/h1-5,8,13,18H,6-7,9-12,14H2/t18-/m0/s1. The highest BCUT2D eigenvalue weighted by atomic mass is 19.2. The fourth-order valence-corrected chi connectivity index (χ4v) is 4.06. The highest BCUT2D eigenvalue weighted by Crippen LogP contribution is 2.34. The van der Waals surface area contributed by atoms with Crippen molar-refractivity contribution in [3.8, 4) is 0 Å². The molecule has 1 aliphatic carbocycles. The van der Waals surface area contributed by atoms with Crippen molar-refractivity contribution in [2.24, 2.45) is 0 Å². The Labute approximate surface area is 152 Å². The first kappa shape index (κ1) is 17.2. The molecule has 1 atom stereocenters. The predicted octanol–water partition coefficient (Wildman–Crippen LogP) is 3.34. The Kier molecular flexibility index (Phi) is 4.72. The van der Waals surface area contributed by atoms with Crippen molar-refractivity contribution in [3.63, 3.8) is 0 Å². The van der Waals surface area contributed by atoms with Gasteiger partial charge in [0.15, 0.2) is 11.6 Å². The van der Waals surface area contributed by atoms with Crippen molar-refractivity contribution < 1.29 is 13.6 Å². The summed E-state index contributed by atoms with van der Waals surface area (Å²) in [5.41, 5.74) is 3.23.